The molecule has 4 aromatic rings. The van der Waals surface area contributed by atoms with Crippen LogP contribution in [0.5, 0.6) is 11.5 Å². The largest absolute Gasteiger partial charge is 0.454 e. The van der Waals surface area contributed by atoms with Crippen molar-refractivity contribution >= 4 is 28.3 Å². The average molecular weight is 485 g/mol. The number of benzene rings is 3. The van der Waals surface area contributed by atoms with E-state index in [0.717, 1.165) is 5.56 Å². The van der Waals surface area contributed by atoms with Crippen LogP contribution in [-0.4, -0.2) is 28.4 Å². The number of ether oxygens (including phenoxy) is 2. The molecule has 36 heavy (non-hydrogen) atoms. The van der Waals surface area contributed by atoms with Gasteiger partial charge in [-0.25, -0.2) is 4.68 Å². The minimum Gasteiger partial charge on any atom is -0.454 e. The normalized spacial score (nSPS) is 12.1. The molecule has 9 nitrogen and oxygen atoms in total. The molecule has 1 aromatic heterocycles. The maximum absolute atomic E-state index is 13.3. The number of amides is 2. The number of hydrogen-bond acceptors (Lipinski definition) is 6. The van der Waals surface area contributed by atoms with E-state index < -0.39 is 5.91 Å². The highest BCUT2D eigenvalue weighted by Gasteiger charge is 2.20. The molecule has 0 radical (unpaired) electrons. The lowest BCUT2D eigenvalue weighted by atomic mass is 10.1. The molecule has 182 valence electrons. The molecule has 0 aliphatic carbocycles. The van der Waals surface area contributed by atoms with Gasteiger partial charge in [-0.05, 0) is 49.7 Å². The molecule has 0 spiro atoms. The first-order chi connectivity index (χ1) is 17.4. The van der Waals surface area contributed by atoms with Crippen LogP contribution in [0.1, 0.15) is 46.3 Å². The Morgan fingerprint density at radius 1 is 0.944 bits per heavy atom. The molecule has 5 rings (SSSR count). The zero-order valence-corrected chi connectivity index (χ0v) is 19.8. The SMILES string of the molecule is CC(C)n1nc(C(=O)Nc2ccccc2C(=O)NCc2ccc3c(c2)OCO3)c2ccccc2c1=O. The summed E-state index contributed by atoms with van der Waals surface area (Å²) in [6.07, 6.45) is 0. The van der Waals surface area contributed by atoms with E-state index in [0.29, 0.717) is 33.5 Å². The molecule has 0 saturated carbocycles. The molecule has 2 N–H and O–H groups in total. The Kier molecular flexibility index (Phi) is 6.12. The van der Waals surface area contributed by atoms with Crippen molar-refractivity contribution in [1.82, 2.24) is 15.1 Å². The number of rotatable bonds is 6. The van der Waals surface area contributed by atoms with Crippen molar-refractivity contribution in [2.24, 2.45) is 0 Å². The van der Waals surface area contributed by atoms with Gasteiger partial charge < -0.3 is 20.1 Å². The number of fused-ring (bicyclic) bond motifs is 2. The van der Waals surface area contributed by atoms with Crippen LogP contribution in [0, 0.1) is 0 Å². The maximum atomic E-state index is 13.3. The van der Waals surface area contributed by atoms with Crippen molar-refractivity contribution in [2.45, 2.75) is 26.4 Å². The Hall–Kier alpha value is -4.66. The fourth-order valence-corrected chi connectivity index (χ4v) is 4.02. The highest BCUT2D eigenvalue weighted by atomic mass is 16.7. The lowest BCUT2D eigenvalue weighted by Crippen LogP contribution is -2.29. The molecule has 0 saturated heterocycles. The van der Waals surface area contributed by atoms with Gasteiger partial charge in [0.15, 0.2) is 17.2 Å². The lowest BCUT2D eigenvalue weighted by molar-refractivity contribution is 0.0951. The van der Waals surface area contributed by atoms with E-state index in [1.165, 1.54) is 4.68 Å². The first-order valence-corrected chi connectivity index (χ1v) is 11.5. The molecule has 2 heterocycles. The van der Waals surface area contributed by atoms with Crippen LogP contribution >= 0.6 is 0 Å². The Balaban J connectivity index is 1.39. The Labute approximate surface area is 206 Å². The minimum absolute atomic E-state index is 0.106. The topological polar surface area (TPSA) is 112 Å². The lowest BCUT2D eigenvalue weighted by Gasteiger charge is -2.15. The first kappa shape index (κ1) is 23.1. The summed E-state index contributed by atoms with van der Waals surface area (Å²) in [7, 11) is 0. The Morgan fingerprint density at radius 3 is 2.47 bits per heavy atom. The molecule has 0 atom stereocenters. The van der Waals surface area contributed by atoms with Crippen LogP contribution in [0.4, 0.5) is 5.69 Å². The third-order valence-corrected chi connectivity index (χ3v) is 5.84. The summed E-state index contributed by atoms with van der Waals surface area (Å²) in [4.78, 5) is 39.1. The second-order valence-electron chi connectivity index (χ2n) is 8.61. The van der Waals surface area contributed by atoms with Gasteiger partial charge in [0.05, 0.1) is 22.7 Å². The summed E-state index contributed by atoms with van der Waals surface area (Å²) < 4.78 is 12.0. The van der Waals surface area contributed by atoms with Crippen molar-refractivity contribution in [2.75, 3.05) is 12.1 Å². The number of para-hydroxylation sites is 1. The van der Waals surface area contributed by atoms with Crippen LogP contribution in [0.15, 0.2) is 71.5 Å². The van der Waals surface area contributed by atoms with Crippen LogP contribution in [0.3, 0.4) is 0 Å². The standard InChI is InChI=1S/C27H24N4O5/c1-16(2)31-27(34)19-8-4-3-7-18(19)24(30-31)26(33)29-21-10-6-5-9-20(21)25(32)28-14-17-11-12-22-23(13-17)36-15-35-22/h3-13,16H,14-15H2,1-2H3,(H,28,32)(H,29,33). The predicted molar refractivity (Wildman–Crippen MR) is 135 cm³/mol. The summed E-state index contributed by atoms with van der Waals surface area (Å²) >= 11 is 0. The number of nitrogens with zero attached hydrogens (tertiary/aromatic N) is 2. The number of carbonyl (C=O) groups excluding carboxylic acids is 2. The monoisotopic (exact) mass is 484 g/mol. The van der Waals surface area contributed by atoms with E-state index in [4.69, 9.17) is 9.47 Å². The van der Waals surface area contributed by atoms with Crippen molar-refractivity contribution < 1.29 is 19.1 Å². The zero-order valence-electron chi connectivity index (χ0n) is 19.8. The van der Waals surface area contributed by atoms with Crippen molar-refractivity contribution in [3.05, 3.63) is 93.9 Å². The molecule has 9 heteroatoms. The summed E-state index contributed by atoms with van der Waals surface area (Å²) in [5, 5.41) is 10.9. The van der Waals surface area contributed by atoms with Gasteiger partial charge >= 0.3 is 0 Å². The fourth-order valence-electron chi connectivity index (χ4n) is 4.02. The van der Waals surface area contributed by atoms with Crippen LogP contribution in [0.25, 0.3) is 10.8 Å². The third kappa shape index (κ3) is 4.38. The highest BCUT2D eigenvalue weighted by Crippen LogP contribution is 2.32. The maximum Gasteiger partial charge on any atom is 0.276 e. The minimum atomic E-state index is -0.517. The molecule has 1 aliphatic rings. The van der Waals surface area contributed by atoms with Crippen LogP contribution < -0.4 is 25.7 Å². The summed E-state index contributed by atoms with van der Waals surface area (Å²) in [6, 6.07) is 18.8. The molecule has 2 amide bonds. The van der Waals surface area contributed by atoms with Gasteiger partial charge in [0, 0.05) is 11.9 Å². The first-order valence-electron chi connectivity index (χ1n) is 11.5. The molecule has 0 unspecified atom stereocenters. The second kappa shape index (κ2) is 9.53. The van der Waals surface area contributed by atoms with Gasteiger partial charge in [0.2, 0.25) is 6.79 Å². The molecule has 0 bridgehead atoms. The van der Waals surface area contributed by atoms with E-state index in [1.807, 2.05) is 26.0 Å². The van der Waals surface area contributed by atoms with Gasteiger partial charge in [-0.2, -0.15) is 5.10 Å². The van der Waals surface area contributed by atoms with Crippen molar-refractivity contribution in [3.8, 4) is 11.5 Å². The number of nitrogens with one attached hydrogen (secondary N) is 2. The summed E-state index contributed by atoms with van der Waals surface area (Å²) in [5.74, 6) is 0.435. The number of carbonyl (C=O) groups is 2. The van der Waals surface area contributed by atoms with Gasteiger partial charge in [0.25, 0.3) is 17.4 Å². The van der Waals surface area contributed by atoms with Gasteiger partial charge in [-0.3, -0.25) is 14.4 Å². The van der Waals surface area contributed by atoms with Gasteiger partial charge in [-0.15, -0.1) is 0 Å². The zero-order chi connectivity index (χ0) is 25.2. The average Bonchev–Trinajstić information content (AvgIpc) is 3.36. The Morgan fingerprint density at radius 2 is 1.67 bits per heavy atom. The Bertz CT molecular complexity index is 1540. The second-order valence-corrected chi connectivity index (χ2v) is 8.61. The highest BCUT2D eigenvalue weighted by molar-refractivity contribution is 6.13. The third-order valence-electron chi connectivity index (χ3n) is 5.84. The van der Waals surface area contributed by atoms with E-state index in [1.54, 1.807) is 54.6 Å². The summed E-state index contributed by atoms with van der Waals surface area (Å²) in [6.45, 7) is 4.09. The molecular weight excluding hydrogens is 460 g/mol. The van der Waals surface area contributed by atoms with E-state index in [9.17, 15) is 14.4 Å². The van der Waals surface area contributed by atoms with Crippen LogP contribution in [0.2, 0.25) is 0 Å². The van der Waals surface area contributed by atoms with Crippen molar-refractivity contribution in [1.29, 1.82) is 0 Å². The van der Waals surface area contributed by atoms with Gasteiger partial charge in [-0.1, -0.05) is 36.4 Å². The van der Waals surface area contributed by atoms with Crippen LogP contribution in [-0.2, 0) is 6.54 Å². The van der Waals surface area contributed by atoms with E-state index in [2.05, 4.69) is 15.7 Å². The van der Waals surface area contributed by atoms with E-state index in [-0.39, 0.29) is 36.5 Å². The van der Waals surface area contributed by atoms with Crippen molar-refractivity contribution in [3.63, 3.8) is 0 Å². The quantitative estimate of drug-likeness (QED) is 0.430. The van der Waals surface area contributed by atoms with E-state index >= 15 is 0 Å². The molecule has 1 aliphatic heterocycles. The predicted octanol–water partition coefficient (Wildman–Crippen LogP) is 3.89. The number of anilines is 1. The number of hydrogen-bond donors (Lipinski definition) is 2. The summed E-state index contributed by atoms with van der Waals surface area (Å²) in [5.41, 5.74) is 1.32. The molecule has 0 fully saturated rings. The van der Waals surface area contributed by atoms with Gasteiger partial charge in [0.1, 0.15) is 0 Å². The number of aromatic nitrogens is 2. The smallest absolute Gasteiger partial charge is 0.276 e. The molecule has 3 aromatic carbocycles. The molecular formula is C27H24N4O5. The fraction of sp³-hybridized carbons (Fsp3) is 0.185.